The molecular weight excluding hydrogens is 444 g/mol. The number of hydrogen-bond donors (Lipinski definition) is 1. The minimum atomic E-state index is -0.511. The third kappa shape index (κ3) is 4.02. The number of esters is 1. The van der Waals surface area contributed by atoms with Crippen LogP contribution in [0.15, 0.2) is 28.1 Å². The zero-order valence-corrected chi connectivity index (χ0v) is 18.3. The SMILES string of the molecule is COc1ccc(Br)cc1-c1nc(COC(=O)c2[nH]c(C)c(C(C)=O)c2C)cs1. The minimum Gasteiger partial charge on any atom is -0.496 e. The molecule has 6 nitrogen and oxygen atoms in total. The van der Waals surface area contributed by atoms with E-state index in [9.17, 15) is 9.59 Å². The molecule has 0 bridgehead atoms. The number of rotatable bonds is 6. The Bertz CT molecular complexity index is 1050. The van der Waals surface area contributed by atoms with Crippen molar-refractivity contribution in [2.75, 3.05) is 7.11 Å². The molecule has 8 heteroatoms. The highest BCUT2D eigenvalue weighted by Gasteiger charge is 2.21. The number of carbonyl (C=O) groups is 2. The molecule has 3 aromatic rings. The summed E-state index contributed by atoms with van der Waals surface area (Å²) in [5.41, 5.74) is 3.60. The molecule has 0 aliphatic heterocycles. The Morgan fingerprint density at radius 1 is 1.29 bits per heavy atom. The van der Waals surface area contributed by atoms with Crippen molar-refractivity contribution in [3.05, 3.63) is 56.3 Å². The van der Waals surface area contributed by atoms with E-state index >= 15 is 0 Å². The van der Waals surface area contributed by atoms with Crippen molar-refractivity contribution in [2.45, 2.75) is 27.4 Å². The fourth-order valence-corrected chi connectivity index (χ4v) is 4.22. The largest absolute Gasteiger partial charge is 0.496 e. The van der Waals surface area contributed by atoms with Gasteiger partial charge in [0.05, 0.1) is 18.4 Å². The summed E-state index contributed by atoms with van der Waals surface area (Å²) in [6, 6.07) is 5.69. The zero-order valence-electron chi connectivity index (χ0n) is 15.9. The lowest BCUT2D eigenvalue weighted by Crippen LogP contribution is -2.08. The second-order valence-electron chi connectivity index (χ2n) is 6.25. The van der Waals surface area contributed by atoms with Crippen molar-refractivity contribution in [3.8, 4) is 16.3 Å². The fraction of sp³-hybridized carbons (Fsp3) is 0.250. The summed E-state index contributed by atoms with van der Waals surface area (Å²) in [5.74, 6) is 0.121. The summed E-state index contributed by atoms with van der Waals surface area (Å²) in [6.07, 6.45) is 0. The van der Waals surface area contributed by atoms with E-state index < -0.39 is 5.97 Å². The van der Waals surface area contributed by atoms with Crippen molar-refractivity contribution < 1.29 is 19.1 Å². The van der Waals surface area contributed by atoms with Crippen molar-refractivity contribution in [1.29, 1.82) is 0 Å². The number of benzene rings is 1. The first-order valence-electron chi connectivity index (χ1n) is 8.47. The third-order valence-electron chi connectivity index (χ3n) is 4.29. The van der Waals surface area contributed by atoms with E-state index in [0.717, 1.165) is 20.8 Å². The number of carbonyl (C=O) groups excluding carboxylic acids is 2. The quantitative estimate of drug-likeness (QED) is 0.407. The van der Waals surface area contributed by atoms with Gasteiger partial charge in [-0.05, 0) is 44.5 Å². The molecule has 2 aromatic heterocycles. The van der Waals surface area contributed by atoms with Gasteiger partial charge in [-0.2, -0.15) is 0 Å². The van der Waals surface area contributed by atoms with E-state index in [0.29, 0.717) is 28.2 Å². The molecule has 0 spiro atoms. The van der Waals surface area contributed by atoms with Gasteiger partial charge in [-0.25, -0.2) is 9.78 Å². The second-order valence-corrected chi connectivity index (χ2v) is 8.02. The van der Waals surface area contributed by atoms with Gasteiger partial charge >= 0.3 is 5.97 Å². The van der Waals surface area contributed by atoms with Gasteiger partial charge in [0.15, 0.2) is 5.78 Å². The van der Waals surface area contributed by atoms with Crippen molar-refractivity contribution in [3.63, 3.8) is 0 Å². The molecular formula is C20H19BrN2O4S. The highest BCUT2D eigenvalue weighted by Crippen LogP contribution is 2.34. The first-order valence-corrected chi connectivity index (χ1v) is 10.1. The Morgan fingerprint density at radius 2 is 2.04 bits per heavy atom. The van der Waals surface area contributed by atoms with Crippen LogP contribution >= 0.6 is 27.3 Å². The van der Waals surface area contributed by atoms with Crippen LogP contribution in [-0.2, 0) is 11.3 Å². The van der Waals surface area contributed by atoms with Gasteiger partial charge in [-0.1, -0.05) is 15.9 Å². The molecule has 0 atom stereocenters. The summed E-state index contributed by atoms with van der Waals surface area (Å²) < 4.78 is 11.7. The van der Waals surface area contributed by atoms with Crippen LogP contribution in [0.5, 0.6) is 5.75 Å². The Morgan fingerprint density at radius 3 is 2.68 bits per heavy atom. The topological polar surface area (TPSA) is 81.3 Å². The molecule has 28 heavy (non-hydrogen) atoms. The average molecular weight is 463 g/mol. The van der Waals surface area contributed by atoms with Crippen LogP contribution in [-0.4, -0.2) is 28.8 Å². The number of Topliss-reactive ketones (excluding diaryl/α,β-unsaturated/α-hetero) is 1. The van der Waals surface area contributed by atoms with E-state index in [1.165, 1.54) is 18.3 Å². The maximum atomic E-state index is 12.4. The molecule has 0 radical (unpaired) electrons. The van der Waals surface area contributed by atoms with Crippen LogP contribution in [0.2, 0.25) is 0 Å². The number of ether oxygens (including phenoxy) is 2. The summed E-state index contributed by atoms with van der Waals surface area (Å²) in [5, 5.41) is 2.62. The smallest absolute Gasteiger partial charge is 0.355 e. The number of aromatic nitrogens is 2. The molecule has 0 unspecified atom stereocenters. The lowest BCUT2D eigenvalue weighted by molar-refractivity contribution is 0.0461. The molecule has 146 valence electrons. The highest BCUT2D eigenvalue weighted by atomic mass is 79.9. The summed E-state index contributed by atoms with van der Waals surface area (Å²) in [7, 11) is 1.61. The molecule has 0 amide bonds. The lowest BCUT2D eigenvalue weighted by atomic mass is 10.1. The molecule has 0 saturated carbocycles. The normalized spacial score (nSPS) is 10.8. The maximum Gasteiger partial charge on any atom is 0.355 e. The van der Waals surface area contributed by atoms with E-state index in [-0.39, 0.29) is 12.4 Å². The molecule has 0 aliphatic rings. The van der Waals surface area contributed by atoms with E-state index in [4.69, 9.17) is 9.47 Å². The van der Waals surface area contributed by atoms with Gasteiger partial charge in [0.1, 0.15) is 23.1 Å². The fourth-order valence-electron chi connectivity index (χ4n) is 3.04. The van der Waals surface area contributed by atoms with Gasteiger partial charge in [0, 0.05) is 21.1 Å². The number of ketones is 1. The van der Waals surface area contributed by atoms with E-state index in [1.54, 1.807) is 21.0 Å². The Hall–Kier alpha value is -2.45. The predicted octanol–water partition coefficient (Wildman–Crippen LogP) is 5.09. The molecule has 1 N–H and O–H groups in total. The van der Waals surface area contributed by atoms with Crippen LogP contribution in [0.25, 0.3) is 10.6 Å². The summed E-state index contributed by atoms with van der Waals surface area (Å²) in [4.78, 5) is 31.6. The van der Waals surface area contributed by atoms with Gasteiger partial charge in [-0.15, -0.1) is 11.3 Å². The molecule has 1 aromatic carbocycles. The number of aryl methyl sites for hydroxylation is 1. The van der Waals surface area contributed by atoms with Crippen LogP contribution in [0.1, 0.15) is 44.7 Å². The van der Waals surface area contributed by atoms with Gasteiger partial charge in [-0.3, -0.25) is 4.79 Å². The third-order valence-corrected chi connectivity index (χ3v) is 5.71. The van der Waals surface area contributed by atoms with Crippen molar-refractivity contribution in [1.82, 2.24) is 9.97 Å². The first-order chi connectivity index (χ1) is 13.3. The van der Waals surface area contributed by atoms with Crippen molar-refractivity contribution in [2.24, 2.45) is 0 Å². The maximum absolute atomic E-state index is 12.4. The Balaban J connectivity index is 1.75. The Labute approximate surface area is 175 Å². The first kappa shape index (κ1) is 20.3. The number of hydrogen-bond acceptors (Lipinski definition) is 6. The van der Waals surface area contributed by atoms with Crippen molar-refractivity contribution >= 4 is 39.0 Å². The van der Waals surface area contributed by atoms with Crippen LogP contribution < -0.4 is 4.74 Å². The van der Waals surface area contributed by atoms with E-state index in [2.05, 4.69) is 25.9 Å². The number of methoxy groups -OCH3 is 1. The predicted molar refractivity (Wildman–Crippen MR) is 111 cm³/mol. The van der Waals surface area contributed by atoms with Crippen LogP contribution in [0.4, 0.5) is 0 Å². The van der Waals surface area contributed by atoms with Gasteiger partial charge in [0.25, 0.3) is 0 Å². The number of halogens is 1. The lowest BCUT2D eigenvalue weighted by Gasteiger charge is -2.06. The number of thiazole rings is 1. The monoisotopic (exact) mass is 462 g/mol. The van der Waals surface area contributed by atoms with Gasteiger partial charge in [0.2, 0.25) is 0 Å². The average Bonchev–Trinajstić information content (AvgIpc) is 3.23. The van der Waals surface area contributed by atoms with E-state index in [1.807, 2.05) is 23.6 Å². The van der Waals surface area contributed by atoms with Gasteiger partial charge < -0.3 is 14.5 Å². The van der Waals surface area contributed by atoms with Crippen LogP contribution in [0.3, 0.4) is 0 Å². The molecule has 0 saturated heterocycles. The highest BCUT2D eigenvalue weighted by molar-refractivity contribution is 9.10. The number of H-pyrrole nitrogens is 1. The molecule has 3 rings (SSSR count). The van der Waals surface area contributed by atoms with Crippen LogP contribution in [0, 0.1) is 13.8 Å². The number of aromatic amines is 1. The standard InChI is InChI=1S/C20H19BrN2O4S/c1-10-17(12(3)24)11(2)22-18(10)20(25)27-8-14-9-28-19(23-14)15-7-13(21)5-6-16(15)26-4/h5-7,9,22H,8H2,1-4H3. The number of nitrogens with zero attached hydrogens (tertiary/aromatic N) is 1. The number of nitrogens with one attached hydrogen (secondary N) is 1. The molecule has 0 fully saturated rings. The zero-order chi connectivity index (χ0) is 20.4. The molecule has 2 heterocycles. The second kappa shape index (κ2) is 8.28. The Kier molecular flexibility index (Phi) is 6.00. The minimum absolute atomic E-state index is 0.0402. The summed E-state index contributed by atoms with van der Waals surface area (Å²) in [6.45, 7) is 5.01. The molecule has 0 aliphatic carbocycles. The summed E-state index contributed by atoms with van der Waals surface area (Å²) >= 11 is 4.90.